The van der Waals surface area contributed by atoms with Crippen LogP contribution in [-0.2, 0) is 4.79 Å². The molecule has 4 rings (SSSR count). The molecular weight excluding hydrogens is 352 g/mol. The molecule has 0 aliphatic carbocycles. The first-order chi connectivity index (χ1) is 13.8. The molecule has 3 aromatic rings. The molecule has 136 valence electrons. The fourth-order valence-electron chi connectivity index (χ4n) is 3.11. The van der Waals surface area contributed by atoms with Crippen molar-refractivity contribution in [2.75, 3.05) is 16.5 Å². The van der Waals surface area contributed by atoms with Gasteiger partial charge in [-0.2, -0.15) is 10.4 Å². The second-order valence-electron chi connectivity index (χ2n) is 6.10. The predicted octanol–water partition coefficient (Wildman–Crippen LogP) is 2.60. The highest BCUT2D eigenvalue weighted by Gasteiger charge is 2.33. The van der Waals surface area contributed by atoms with Gasteiger partial charge in [-0.1, -0.05) is 24.3 Å². The minimum absolute atomic E-state index is 0.364. The van der Waals surface area contributed by atoms with E-state index in [4.69, 9.17) is 5.10 Å². The number of hydrogen-bond donors (Lipinski definition) is 0. The first kappa shape index (κ1) is 17.4. The molecule has 0 radical (unpaired) electrons. The van der Waals surface area contributed by atoms with Crippen LogP contribution >= 0.6 is 0 Å². The highest BCUT2D eigenvalue weighted by atomic mass is 16.1. The van der Waals surface area contributed by atoms with Gasteiger partial charge in [-0.25, -0.2) is 9.99 Å². The topological polar surface area (TPSA) is 85.5 Å². The molecule has 0 N–H and O–H groups in total. The largest absolute Gasteiger partial charge is 0.322 e. The number of anilines is 2. The molecule has 1 aliphatic heterocycles. The van der Waals surface area contributed by atoms with E-state index in [1.165, 1.54) is 0 Å². The molecular formula is C21H16N6O. The summed E-state index contributed by atoms with van der Waals surface area (Å²) in [4.78, 5) is 22.7. The van der Waals surface area contributed by atoms with Gasteiger partial charge in [0, 0.05) is 12.4 Å². The Morgan fingerprint density at radius 2 is 1.75 bits per heavy atom. The van der Waals surface area contributed by atoms with Crippen molar-refractivity contribution in [1.29, 1.82) is 5.26 Å². The number of benzene rings is 1. The van der Waals surface area contributed by atoms with Crippen LogP contribution in [0.3, 0.4) is 0 Å². The number of nitriles is 1. The van der Waals surface area contributed by atoms with Gasteiger partial charge in [0.25, 0.3) is 0 Å². The maximum absolute atomic E-state index is 12.1. The van der Waals surface area contributed by atoms with Crippen LogP contribution in [0.4, 0.5) is 11.5 Å². The van der Waals surface area contributed by atoms with E-state index < -0.39 is 6.17 Å². The predicted molar refractivity (Wildman–Crippen MR) is 106 cm³/mol. The molecule has 2 aromatic heterocycles. The van der Waals surface area contributed by atoms with Gasteiger partial charge in [0.15, 0.2) is 12.5 Å². The minimum Gasteiger partial charge on any atom is -0.322 e. The lowest BCUT2D eigenvalue weighted by atomic mass is 10.1. The van der Waals surface area contributed by atoms with Crippen LogP contribution in [-0.4, -0.2) is 34.7 Å². The summed E-state index contributed by atoms with van der Waals surface area (Å²) in [6.45, 7) is 0.364. The number of hydrogen-bond acceptors (Lipinski definition) is 7. The molecule has 0 amide bonds. The zero-order chi connectivity index (χ0) is 19.3. The highest BCUT2D eigenvalue weighted by molar-refractivity contribution is 6.04. The monoisotopic (exact) mass is 368 g/mol. The molecule has 7 nitrogen and oxygen atoms in total. The van der Waals surface area contributed by atoms with Gasteiger partial charge in [0.1, 0.15) is 17.6 Å². The summed E-state index contributed by atoms with van der Waals surface area (Å²) < 4.78 is 0. The zero-order valence-electron chi connectivity index (χ0n) is 14.9. The molecule has 0 fully saturated rings. The van der Waals surface area contributed by atoms with Crippen molar-refractivity contribution < 1.29 is 4.79 Å². The van der Waals surface area contributed by atoms with Crippen molar-refractivity contribution in [2.45, 2.75) is 6.17 Å². The van der Waals surface area contributed by atoms with Crippen molar-refractivity contribution in [2.24, 2.45) is 5.10 Å². The number of para-hydroxylation sites is 1. The van der Waals surface area contributed by atoms with Gasteiger partial charge in [-0.3, -0.25) is 9.78 Å². The Balaban J connectivity index is 1.88. The molecule has 7 heteroatoms. The van der Waals surface area contributed by atoms with Crippen molar-refractivity contribution >= 4 is 23.5 Å². The van der Waals surface area contributed by atoms with Crippen molar-refractivity contribution in [3.8, 4) is 6.07 Å². The van der Waals surface area contributed by atoms with E-state index in [1.54, 1.807) is 35.6 Å². The summed E-state index contributed by atoms with van der Waals surface area (Å²) in [7, 11) is 0. The summed E-state index contributed by atoms with van der Waals surface area (Å²) in [5.74, 6) is 0.641. The van der Waals surface area contributed by atoms with Crippen molar-refractivity contribution in [3.05, 3.63) is 84.3 Å². The van der Waals surface area contributed by atoms with E-state index >= 15 is 0 Å². The third-order valence-corrected chi connectivity index (χ3v) is 4.42. The first-order valence-electron chi connectivity index (χ1n) is 8.72. The summed E-state index contributed by atoms with van der Waals surface area (Å²) in [6.07, 6.45) is 3.44. The van der Waals surface area contributed by atoms with E-state index in [1.807, 2.05) is 47.4 Å². The van der Waals surface area contributed by atoms with Crippen molar-refractivity contribution in [1.82, 2.24) is 9.97 Å². The Bertz CT molecular complexity index is 1050. The van der Waals surface area contributed by atoms with E-state index in [0.29, 0.717) is 35.0 Å². The van der Waals surface area contributed by atoms with Crippen LogP contribution < -0.4 is 9.91 Å². The van der Waals surface area contributed by atoms with Gasteiger partial charge in [0.2, 0.25) is 0 Å². The molecule has 1 aromatic carbocycles. The Morgan fingerprint density at radius 1 is 1.00 bits per heavy atom. The number of carbonyl (C=O) groups excluding carboxylic acids is 1. The second kappa shape index (κ2) is 7.68. The van der Waals surface area contributed by atoms with Crippen LogP contribution in [0.5, 0.6) is 0 Å². The minimum atomic E-state index is -0.739. The number of carbonyl (C=O) groups is 1. The Morgan fingerprint density at radius 3 is 2.43 bits per heavy atom. The molecule has 0 spiro atoms. The molecule has 1 aliphatic rings. The molecule has 1 unspecified atom stereocenters. The molecule has 0 saturated heterocycles. The second-order valence-corrected chi connectivity index (χ2v) is 6.10. The lowest BCUT2D eigenvalue weighted by Gasteiger charge is -2.40. The fraction of sp³-hybridized carbons (Fsp3) is 0.0952. The van der Waals surface area contributed by atoms with E-state index in [0.717, 1.165) is 6.29 Å². The first-order valence-corrected chi connectivity index (χ1v) is 8.72. The quantitative estimate of drug-likeness (QED) is 0.658. The van der Waals surface area contributed by atoms with Gasteiger partial charge >= 0.3 is 0 Å². The Labute approximate surface area is 162 Å². The molecule has 28 heavy (non-hydrogen) atoms. The molecule has 1 atom stereocenters. The summed E-state index contributed by atoms with van der Waals surface area (Å²) in [5.41, 5.74) is 2.36. The maximum Gasteiger partial charge on any atom is 0.181 e. The molecule has 0 bridgehead atoms. The normalized spacial score (nSPS) is 16.2. The van der Waals surface area contributed by atoms with Crippen LogP contribution in [0.1, 0.15) is 11.3 Å². The van der Waals surface area contributed by atoms with Gasteiger partial charge in [0.05, 0.1) is 23.5 Å². The van der Waals surface area contributed by atoms with Gasteiger partial charge < -0.3 is 4.90 Å². The lowest BCUT2D eigenvalue weighted by molar-refractivity contribution is -0.109. The van der Waals surface area contributed by atoms with Crippen molar-refractivity contribution in [3.63, 3.8) is 0 Å². The van der Waals surface area contributed by atoms with Crippen LogP contribution in [0, 0.1) is 11.3 Å². The number of hydrazone groups is 1. The average Bonchev–Trinajstić information content (AvgIpc) is 2.79. The Kier molecular flexibility index (Phi) is 4.76. The number of pyridine rings is 2. The smallest absolute Gasteiger partial charge is 0.181 e. The highest BCUT2D eigenvalue weighted by Crippen LogP contribution is 2.28. The zero-order valence-corrected chi connectivity index (χ0v) is 14.9. The van der Waals surface area contributed by atoms with Crippen LogP contribution in [0.25, 0.3) is 0 Å². The van der Waals surface area contributed by atoms with E-state index in [-0.39, 0.29) is 0 Å². The summed E-state index contributed by atoms with van der Waals surface area (Å²) >= 11 is 0. The van der Waals surface area contributed by atoms with Crippen LogP contribution in [0.15, 0.2) is 78.2 Å². The summed E-state index contributed by atoms with van der Waals surface area (Å²) in [5, 5.41) is 15.8. The number of aldehydes is 1. The summed E-state index contributed by atoms with van der Waals surface area (Å²) in [6, 6.07) is 20.3. The standard InChI is InChI=1S/C21H16N6O/c22-13-16-7-1-2-9-19(16)27-21(15-28)26(20-10-4-6-12-24-20)14-18(25-27)17-8-3-5-11-23-17/h1-12,15,21H,14H2. The van der Waals surface area contributed by atoms with Gasteiger partial charge in [-0.05, 0) is 36.4 Å². The number of aromatic nitrogens is 2. The average molecular weight is 368 g/mol. The number of rotatable bonds is 4. The third-order valence-electron chi connectivity index (χ3n) is 4.42. The third kappa shape index (κ3) is 3.19. The fourth-order valence-corrected chi connectivity index (χ4v) is 3.11. The van der Waals surface area contributed by atoms with E-state index in [9.17, 15) is 10.1 Å². The lowest BCUT2D eigenvalue weighted by Crippen LogP contribution is -2.54. The number of nitrogens with zero attached hydrogens (tertiary/aromatic N) is 6. The van der Waals surface area contributed by atoms with Crippen LogP contribution in [0.2, 0.25) is 0 Å². The maximum atomic E-state index is 12.1. The van der Waals surface area contributed by atoms with E-state index in [2.05, 4.69) is 16.0 Å². The molecule has 0 saturated carbocycles. The molecule has 3 heterocycles. The Hall–Kier alpha value is -4.05. The van der Waals surface area contributed by atoms with Gasteiger partial charge in [-0.15, -0.1) is 0 Å². The SMILES string of the molecule is N#Cc1ccccc1N1N=C(c2ccccn2)CN(c2ccccn2)C1C=O.